The molecule has 1 fully saturated rings. The summed E-state index contributed by atoms with van der Waals surface area (Å²) in [5, 5.41) is 9.71. The molecule has 1 saturated heterocycles. The van der Waals surface area contributed by atoms with E-state index >= 15 is 0 Å². The van der Waals surface area contributed by atoms with Crippen molar-refractivity contribution >= 4 is 17.3 Å². The number of benzene rings is 1. The van der Waals surface area contributed by atoms with Crippen LogP contribution < -0.4 is 4.90 Å². The van der Waals surface area contributed by atoms with E-state index in [0.717, 1.165) is 37.3 Å². The van der Waals surface area contributed by atoms with E-state index in [1.807, 2.05) is 18.2 Å². The average Bonchev–Trinajstić information content (AvgIpc) is 2.39. The summed E-state index contributed by atoms with van der Waals surface area (Å²) in [6, 6.07) is 6.32. The number of rotatable bonds is 3. The maximum atomic E-state index is 9.08. The summed E-state index contributed by atoms with van der Waals surface area (Å²) >= 11 is 6.10. The van der Waals surface area contributed by atoms with Gasteiger partial charge in [0.2, 0.25) is 0 Å². The molecule has 3 nitrogen and oxygen atoms in total. The zero-order valence-corrected chi connectivity index (χ0v) is 10.8. The maximum absolute atomic E-state index is 9.08. The lowest BCUT2D eigenvalue weighted by Gasteiger charge is -2.33. The molecule has 4 heteroatoms. The molecule has 0 atom stereocenters. The van der Waals surface area contributed by atoms with Crippen LogP contribution in [0.2, 0.25) is 5.02 Å². The van der Waals surface area contributed by atoms with Crippen LogP contribution >= 0.6 is 11.6 Å². The van der Waals surface area contributed by atoms with Crippen LogP contribution in [0.5, 0.6) is 0 Å². The number of hydrogen-bond acceptors (Lipinski definition) is 3. The van der Waals surface area contributed by atoms with Gasteiger partial charge in [0.15, 0.2) is 0 Å². The van der Waals surface area contributed by atoms with Crippen LogP contribution in [0.3, 0.4) is 0 Å². The molecule has 1 N–H and O–H groups in total. The summed E-state index contributed by atoms with van der Waals surface area (Å²) in [6.07, 6.45) is 2.10. The summed E-state index contributed by atoms with van der Waals surface area (Å²) in [5.41, 5.74) is 1.87. The fourth-order valence-corrected chi connectivity index (χ4v) is 2.40. The summed E-state index contributed by atoms with van der Waals surface area (Å²) in [6.45, 7) is 1.65. The highest BCUT2D eigenvalue weighted by atomic mass is 35.5. The molecule has 2 rings (SSSR count). The summed E-state index contributed by atoms with van der Waals surface area (Å²) < 4.78 is 5.36. The summed E-state index contributed by atoms with van der Waals surface area (Å²) in [5.74, 6) is 0. The lowest BCUT2D eigenvalue weighted by molar-refractivity contribution is 0.0855. The monoisotopic (exact) mass is 255 g/mol. The summed E-state index contributed by atoms with van der Waals surface area (Å²) in [4.78, 5) is 2.25. The molecule has 1 aliphatic heterocycles. The normalized spacial score (nSPS) is 17.1. The topological polar surface area (TPSA) is 32.7 Å². The van der Waals surface area contributed by atoms with Crippen molar-refractivity contribution in [2.75, 3.05) is 25.2 Å². The fraction of sp³-hybridized carbons (Fsp3) is 0.538. The molecule has 0 saturated carbocycles. The molecular formula is C13H18ClNO2. The highest BCUT2D eigenvalue weighted by Crippen LogP contribution is 2.26. The second-order valence-electron chi connectivity index (χ2n) is 4.39. The minimum atomic E-state index is -0.0138. The van der Waals surface area contributed by atoms with E-state index in [1.54, 1.807) is 0 Å². The first kappa shape index (κ1) is 12.7. The largest absolute Gasteiger partial charge is 0.392 e. The fourth-order valence-electron chi connectivity index (χ4n) is 2.17. The number of aliphatic hydroxyl groups is 1. The van der Waals surface area contributed by atoms with Crippen molar-refractivity contribution in [1.82, 2.24) is 0 Å². The van der Waals surface area contributed by atoms with Crippen molar-refractivity contribution in [3.05, 3.63) is 28.8 Å². The number of anilines is 1. The van der Waals surface area contributed by atoms with Crippen LogP contribution in [-0.2, 0) is 11.3 Å². The van der Waals surface area contributed by atoms with Crippen molar-refractivity contribution in [1.29, 1.82) is 0 Å². The van der Waals surface area contributed by atoms with Gasteiger partial charge in [-0.2, -0.15) is 0 Å². The molecule has 0 amide bonds. The highest BCUT2D eigenvalue weighted by molar-refractivity contribution is 6.31. The maximum Gasteiger partial charge on any atom is 0.0696 e. The van der Waals surface area contributed by atoms with E-state index in [2.05, 4.69) is 11.9 Å². The minimum absolute atomic E-state index is 0.0138. The van der Waals surface area contributed by atoms with Crippen LogP contribution in [0.4, 0.5) is 5.69 Å². The molecule has 0 aliphatic carbocycles. The Bertz CT molecular complexity index is 378. The first-order chi connectivity index (χ1) is 8.22. The van der Waals surface area contributed by atoms with Gasteiger partial charge in [0, 0.05) is 37.0 Å². The van der Waals surface area contributed by atoms with Gasteiger partial charge in [0.05, 0.1) is 6.61 Å². The molecule has 94 valence electrons. The van der Waals surface area contributed by atoms with Gasteiger partial charge in [-0.25, -0.2) is 0 Å². The molecule has 0 radical (unpaired) electrons. The van der Waals surface area contributed by atoms with E-state index in [-0.39, 0.29) is 6.61 Å². The van der Waals surface area contributed by atoms with Crippen molar-refractivity contribution in [2.45, 2.75) is 25.5 Å². The molecule has 17 heavy (non-hydrogen) atoms. The van der Waals surface area contributed by atoms with Crippen LogP contribution in [0.15, 0.2) is 18.2 Å². The first-order valence-electron chi connectivity index (χ1n) is 5.92. The third-order valence-corrected chi connectivity index (χ3v) is 3.70. The van der Waals surface area contributed by atoms with Gasteiger partial charge >= 0.3 is 0 Å². The predicted octanol–water partition coefficient (Wildman–Crippen LogP) is 2.45. The van der Waals surface area contributed by atoms with Crippen LogP contribution in [0.25, 0.3) is 0 Å². The van der Waals surface area contributed by atoms with E-state index < -0.39 is 0 Å². The van der Waals surface area contributed by atoms with Crippen molar-refractivity contribution in [3.8, 4) is 0 Å². The van der Waals surface area contributed by atoms with Crippen molar-refractivity contribution < 1.29 is 9.84 Å². The standard InChI is InChI=1S/C13H18ClNO2/c1-15(11-4-6-17-7-5-11)12-3-2-10(9-16)13(14)8-12/h2-3,8,11,16H,4-7,9H2,1H3. The minimum Gasteiger partial charge on any atom is -0.392 e. The first-order valence-corrected chi connectivity index (χ1v) is 6.30. The Morgan fingerprint density at radius 2 is 2.12 bits per heavy atom. The number of halogens is 1. The average molecular weight is 256 g/mol. The number of hydrogen-bond donors (Lipinski definition) is 1. The van der Waals surface area contributed by atoms with E-state index in [4.69, 9.17) is 21.4 Å². The lowest BCUT2D eigenvalue weighted by atomic mass is 10.1. The zero-order chi connectivity index (χ0) is 12.3. The Balaban J connectivity index is 2.12. The number of aliphatic hydroxyl groups excluding tert-OH is 1. The zero-order valence-electron chi connectivity index (χ0n) is 10.0. The summed E-state index contributed by atoms with van der Waals surface area (Å²) in [7, 11) is 2.08. The Hall–Kier alpha value is -0.770. The third kappa shape index (κ3) is 2.92. The third-order valence-electron chi connectivity index (χ3n) is 3.35. The Kier molecular flexibility index (Phi) is 4.26. The van der Waals surface area contributed by atoms with E-state index in [1.165, 1.54) is 0 Å². The molecule has 1 aromatic carbocycles. The van der Waals surface area contributed by atoms with Gasteiger partial charge in [-0.05, 0) is 30.5 Å². The quantitative estimate of drug-likeness (QED) is 0.901. The van der Waals surface area contributed by atoms with Gasteiger partial charge in [-0.15, -0.1) is 0 Å². The van der Waals surface area contributed by atoms with Crippen LogP contribution in [0.1, 0.15) is 18.4 Å². The second kappa shape index (κ2) is 5.71. The molecule has 1 aliphatic rings. The van der Waals surface area contributed by atoms with E-state index in [0.29, 0.717) is 11.1 Å². The van der Waals surface area contributed by atoms with Gasteiger partial charge in [0.1, 0.15) is 0 Å². The Morgan fingerprint density at radius 1 is 1.41 bits per heavy atom. The van der Waals surface area contributed by atoms with Gasteiger partial charge in [-0.3, -0.25) is 0 Å². The van der Waals surface area contributed by atoms with Crippen LogP contribution in [-0.4, -0.2) is 31.4 Å². The molecule has 0 bridgehead atoms. The van der Waals surface area contributed by atoms with Gasteiger partial charge in [0.25, 0.3) is 0 Å². The predicted molar refractivity (Wildman–Crippen MR) is 69.6 cm³/mol. The number of nitrogens with zero attached hydrogens (tertiary/aromatic N) is 1. The molecule has 1 heterocycles. The molecule has 0 spiro atoms. The SMILES string of the molecule is CN(c1ccc(CO)c(Cl)c1)C1CCOCC1. The van der Waals surface area contributed by atoms with Gasteiger partial charge < -0.3 is 14.7 Å². The van der Waals surface area contributed by atoms with Crippen molar-refractivity contribution in [2.24, 2.45) is 0 Å². The molecule has 0 unspecified atom stereocenters. The Morgan fingerprint density at radius 3 is 2.71 bits per heavy atom. The lowest BCUT2D eigenvalue weighted by Crippen LogP contribution is -2.36. The van der Waals surface area contributed by atoms with E-state index in [9.17, 15) is 0 Å². The van der Waals surface area contributed by atoms with Gasteiger partial charge in [-0.1, -0.05) is 17.7 Å². The molecule has 0 aromatic heterocycles. The van der Waals surface area contributed by atoms with Crippen molar-refractivity contribution in [3.63, 3.8) is 0 Å². The smallest absolute Gasteiger partial charge is 0.0696 e. The molecular weight excluding hydrogens is 238 g/mol. The highest BCUT2D eigenvalue weighted by Gasteiger charge is 2.19. The Labute approximate surface area is 107 Å². The molecule has 1 aromatic rings. The number of ether oxygens (including phenoxy) is 1. The second-order valence-corrected chi connectivity index (χ2v) is 4.80. The van der Waals surface area contributed by atoms with Crippen LogP contribution in [0, 0.1) is 0 Å².